The predicted octanol–water partition coefficient (Wildman–Crippen LogP) is 3.37. The molecule has 0 saturated carbocycles. The summed E-state index contributed by atoms with van der Waals surface area (Å²) >= 11 is 0. The van der Waals surface area contributed by atoms with E-state index >= 15 is 0 Å². The second-order valence-corrected chi connectivity index (χ2v) is 6.58. The second kappa shape index (κ2) is 6.35. The van der Waals surface area contributed by atoms with Gasteiger partial charge in [0, 0.05) is 36.5 Å². The van der Waals surface area contributed by atoms with Crippen molar-refractivity contribution < 1.29 is 9.32 Å². The van der Waals surface area contributed by atoms with Gasteiger partial charge < -0.3 is 14.0 Å². The fourth-order valence-corrected chi connectivity index (χ4v) is 3.70. The molecular weight excluding hydrogens is 316 g/mol. The third kappa shape index (κ3) is 2.81. The van der Waals surface area contributed by atoms with Crippen molar-refractivity contribution in [3.63, 3.8) is 0 Å². The molecule has 25 heavy (non-hydrogen) atoms. The summed E-state index contributed by atoms with van der Waals surface area (Å²) in [6.45, 7) is 6.13. The maximum absolute atomic E-state index is 13.1. The molecule has 0 aliphatic carbocycles. The van der Waals surface area contributed by atoms with Crippen molar-refractivity contribution in [2.75, 3.05) is 13.1 Å². The van der Waals surface area contributed by atoms with Crippen LogP contribution < -0.4 is 0 Å². The molecule has 3 aromatic rings. The Labute approximate surface area is 146 Å². The van der Waals surface area contributed by atoms with Crippen LogP contribution >= 0.6 is 0 Å². The lowest BCUT2D eigenvalue weighted by Crippen LogP contribution is -2.38. The molecule has 1 fully saturated rings. The Morgan fingerprint density at radius 1 is 1.28 bits per heavy atom. The van der Waals surface area contributed by atoms with Crippen molar-refractivity contribution in [1.82, 2.24) is 19.6 Å². The van der Waals surface area contributed by atoms with E-state index in [1.165, 1.54) is 0 Å². The minimum Gasteiger partial charge on any atom is -0.339 e. The predicted molar refractivity (Wildman–Crippen MR) is 94.5 cm³/mol. The lowest BCUT2D eigenvalue weighted by atomic mass is 9.96. The van der Waals surface area contributed by atoms with Crippen molar-refractivity contribution in [3.8, 4) is 0 Å². The number of hydrogen-bond acceptors (Lipinski definition) is 4. The van der Waals surface area contributed by atoms with Crippen LogP contribution in [0, 0.1) is 6.92 Å². The molecule has 3 heterocycles. The zero-order valence-corrected chi connectivity index (χ0v) is 14.6. The summed E-state index contributed by atoms with van der Waals surface area (Å²) in [6.07, 6.45) is 1.72. The van der Waals surface area contributed by atoms with Crippen LogP contribution in [0.4, 0.5) is 0 Å². The van der Waals surface area contributed by atoms with Crippen LogP contribution in [-0.4, -0.2) is 38.6 Å². The summed E-state index contributed by atoms with van der Waals surface area (Å²) in [4.78, 5) is 19.3. The van der Waals surface area contributed by atoms with Gasteiger partial charge in [-0.2, -0.15) is 4.98 Å². The second-order valence-electron chi connectivity index (χ2n) is 6.58. The molecule has 4 rings (SSSR count). The van der Waals surface area contributed by atoms with Crippen LogP contribution in [0.3, 0.4) is 0 Å². The summed E-state index contributed by atoms with van der Waals surface area (Å²) in [5.74, 6) is 1.73. The first-order valence-corrected chi connectivity index (χ1v) is 8.85. The molecule has 0 spiro atoms. The van der Waals surface area contributed by atoms with E-state index in [2.05, 4.69) is 33.8 Å². The smallest absolute Gasteiger partial charge is 0.270 e. The molecule has 0 N–H and O–H groups in total. The van der Waals surface area contributed by atoms with Gasteiger partial charge in [-0.15, -0.1) is 0 Å². The summed E-state index contributed by atoms with van der Waals surface area (Å²) in [5, 5.41) is 4.99. The average Bonchev–Trinajstić information content (AvgIpc) is 3.24. The van der Waals surface area contributed by atoms with E-state index in [1.54, 1.807) is 0 Å². The monoisotopic (exact) mass is 338 g/mol. The topological polar surface area (TPSA) is 64.2 Å². The van der Waals surface area contributed by atoms with E-state index in [1.807, 2.05) is 30.0 Å². The first kappa shape index (κ1) is 15.9. The van der Waals surface area contributed by atoms with E-state index in [0.29, 0.717) is 11.7 Å². The van der Waals surface area contributed by atoms with Crippen molar-refractivity contribution in [1.29, 1.82) is 0 Å². The van der Waals surface area contributed by atoms with Crippen LogP contribution in [-0.2, 0) is 6.54 Å². The van der Waals surface area contributed by atoms with Crippen molar-refractivity contribution >= 4 is 16.8 Å². The number of para-hydroxylation sites is 1. The van der Waals surface area contributed by atoms with E-state index in [4.69, 9.17) is 4.52 Å². The highest BCUT2D eigenvalue weighted by molar-refractivity contribution is 5.98. The van der Waals surface area contributed by atoms with Gasteiger partial charge >= 0.3 is 0 Å². The molecule has 1 aliphatic rings. The van der Waals surface area contributed by atoms with Crippen molar-refractivity contribution in [2.24, 2.45) is 0 Å². The fraction of sp³-hybridized carbons (Fsp3) is 0.421. The minimum atomic E-state index is 0.109. The molecule has 1 aromatic carbocycles. The summed E-state index contributed by atoms with van der Waals surface area (Å²) in [7, 11) is 0. The molecule has 0 unspecified atom stereocenters. The minimum absolute atomic E-state index is 0.109. The fourth-order valence-electron chi connectivity index (χ4n) is 3.70. The van der Waals surface area contributed by atoms with E-state index in [-0.39, 0.29) is 11.8 Å². The number of benzene rings is 1. The van der Waals surface area contributed by atoms with E-state index in [0.717, 1.165) is 49.1 Å². The third-order valence-electron chi connectivity index (χ3n) is 5.02. The highest BCUT2D eigenvalue weighted by Gasteiger charge is 2.29. The molecule has 1 saturated heterocycles. The first-order chi connectivity index (χ1) is 12.2. The molecule has 0 bridgehead atoms. The van der Waals surface area contributed by atoms with E-state index in [9.17, 15) is 4.79 Å². The zero-order valence-electron chi connectivity index (χ0n) is 14.6. The SMILES string of the molecule is CCn1c(C(=O)N2CCC(c3nc(C)no3)CC2)cc2ccccc21. The van der Waals surface area contributed by atoms with Gasteiger partial charge in [0.05, 0.1) is 0 Å². The lowest BCUT2D eigenvalue weighted by Gasteiger charge is -2.30. The Morgan fingerprint density at radius 3 is 2.72 bits per heavy atom. The number of aromatic nitrogens is 3. The number of carbonyl (C=O) groups is 1. The first-order valence-electron chi connectivity index (χ1n) is 8.85. The number of fused-ring (bicyclic) bond motifs is 1. The summed E-state index contributed by atoms with van der Waals surface area (Å²) in [6, 6.07) is 10.2. The Balaban J connectivity index is 1.53. The van der Waals surface area contributed by atoms with Gasteiger partial charge in [0.15, 0.2) is 5.82 Å². The number of rotatable bonds is 3. The highest BCUT2D eigenvalue weighted by atomic mass is 16.5. The molecule has 2 aromatic heterocycles. The molecule has 6 nitrogen and oxygen atoms in total. The number of hydrogen-bond donors (Lipinski definition) is 0. The number of likely N-dealkylation sites (tertiary alicyclic amines) is 1. The van der Waals surface area contributed by atoms with Gasteiger partial charge in [-0.3, -0.25) is 4.79 Å². The standard InChI is InChI=1S/C19H22N4O2/c1-3-23-16-7-5-4-6-15(16)12-17(23)19(24)22-10-8-14(9-11-22)18-20-13(2)21-25-18/h4-7,12,14H,3,8-11H2,1-2H3. The van der Waals surface area contributed by atoms with Gasteiger partial charge in [-0.05, 0) is 38.8 Å². The normalized spacial score (nSPS) is 15.8. The quantitative estimate of drug-likeness (QED) is 0.734. The van der Waals surface area contributed by atoms with Crippen LogP contribution in [0.25, 0.3) is 10.9 Å². The molecular formula is C19H22N4O2. The number of carbonyl (C=O) groups excluding carboxylic acids is 1. The molecule has 1 aliphatic heterocycles. The number of piperidine rings is 1. The Kier molecular flexibility index (Phi) is 4.03. The van der Waals surface area contributed by atoms with Crippen LogP contribution in [0.15, 0.2) is 34.9 Å². The van der Waals surface area contributed by atoms with Crippen LogP contribution in [0.1, 0.15) is 47.9 Å². The molecule has 1 amide bonds. The van der Waals surface area contributed by atoms with Gasteiger partial charge in [0.1, 0.15) is 5.69 Å². The molecule has 0 atom stereocenters. The van der Waals surface area contributed by atoms with Gasteiger partial charge in [-0.25, -0.2) is 0 Å². The summed E-state index contributed by atoms with van der Waals surface area (Å²) < 4.78 is 7.39. The maximum Gasteiger partial charge on any atom is 0.270 e. The molecule has 130 valence electrons. The van der Waals surface area contributed by atoms with Gasteiger partial charge in [0.25, 0.3) is 5.91 Å². The van der Waals surface area contributed by atoms with Crippen molar-refractivity contribution in [3.05, 3.63) is 47.7 Å². The molecule has 6 heteroatoms. The third-order valence-corrected chi connectivity index (χ3v) is 5.02. The van der Waals surface area contributed by atoms with Gasteiger partial charge in [-0.1, -0.05) is 23.4 Å². The Hall–Kier alpha value is -2.63. The van der Waals surface area contributed by atoms with Crippen LogP contribution in [0.2, 0.25) is 0 Å². The summed E-state index contributed by atoms with van der Waals surface area (Å²) in [5.41, 5.74) is 1.89. The number of nitrogens with zero attached hydrogens (tertiary/aromatic N) is 4. The van der Waals surface area contributed by atoms with E-state index < -0.39 is 0 Å². The molecule has 0 radical (unpaired) electrons. The van der Waals surface area contributed by atoms with Crippen molar-refractivity contribution in [2.45, 2.75) is 39.2 Å². The zero-order chi connectivity index (χ0) is 17.4. The van der Waals surface area contributed by atoms with Gasteiger partial charge in [0.2, 0.25) is 5.89 Å². The largest absolute Gasteiger partial charge is 0.339 e. The number of amides is 1. The lowest BCUT2D eigenvalue weighted by molar-refractivity contribution is 0.0694. The maximum atomic E-state index is 13.1. The average molecular weight is 338 g/mol. The van der Waals surface area contributed by atoms with Crippen LogP contribution in [0.5, 0.6) is 0 Å². The number of aryl methyl sites for hydroxylation is 2. The highest BCUT2D eigenvalue weighted by Crippen LogP contribution is 2.28. The Morgan fingerprint density at radius 2 is 2.04 bits per heavy atom. The Bertz CT molecular complexity index is 903.